The normalized spacial score (nSPS) is 10.9. The van der Waals surface area contributed by atoms with Crippen LogP contribution in [0, 0.1) is 0 Å². The molecule has 3 aromatic rings. The molecule has 0 atom stereocenters. The molecule has 0 amide bonds. The molecule has 2 aromatic carbocycles. The van der Waals surface area contributed by atoms with Crippen molar-refractivity contribution in [3.05, 3.63) is 53.1 Å². The fourth-order valence-electron chi connectivity index (χ4n) is 2.27. The third-order valence-corrected chi connectivity index (χ3v) is 3.53. The molecule has 20 heavy (non-hydrogen) atoms. The number of ether oxygens (including phenoxy) is 1. The summed E-state index contributed by atoms with van der Waals surface area (Å²) < 4.78 is 7.14. The van der Waals surface area contributed by atoms with Gasteiger partial charge in [0.25, 0.3) is 0 Å². The minimum absolute atomic E-state index is 0.455. The summed E-state index contributed by atoms with van der Waals surface area (Å²) >= 11 is 6.26. The van der Waals surface area contributed by atoms with Gasteiger partial charge in [-0.1, -0.05) is 29.8 Å². The minimum atomic E-state index is 0.455. The largest absolute Gasteiger partial charge is 0.497 e. The fraction of sp³-hybridized carbons (Fsp3) is 0.133. The summed E-state index contributed by atoms with van der Waals surface area (Å²) in [7, 11) is 1.65. The van der Waals surface area contributed by atoms with Gasteiger partial charge < -0.3 is 15.0 Å². The van der Waals surface area contributed by atoms with Gasteiger partial charge in [-0.25, -0.2) is 4.98 Å². The number of nitrogens with two attached hydrogens (primary N) is 1. The Bertz CT molecular complexity index is 767. The first-order chi connectivity index (χ1) is 9.69. The van der Waals surface area contributed by atoms with Crippen LogP contribution in [-0.2, 0) is 6.54 Å². The van der Waals surface area contributed by atoms with E-state index < -0.39 is 0 Å². The van der Waals surface area contributed by atoms with Crippen LogP contribution in [0.3, 0.4) is 0 Å². The van der Waals surface area contributed by atoms with Crippen molar-refractivity contribution < 1.29 is 4.74 Å². The number of hydrogen-bond donors (Lipinski definition) is 1. The smallest absolute Gasteiger partial charge is 0.201 e. The Morgan fingerprint density at radius 2 is 2.05 bits per heavy atom. The number of nitrogens with zero attached hydrogens (tertiary/aromatic N) is 2. The number of imidazole rings is 1. The monoisotopic (exact) mass is 287 g/mol. The Morgan fingerprint density at radius 1 is 1.25 bits per heavy atom. The predicted molar refractivity (Wildman–Crippen MR) is 81.3 cm³/mol. The summed E-state index contributed by atoms with van der Waals surface area (Å²) in [6, 6.07) is 13.5. The molecule has 4 nitrogen and oxygen atoms in total. The lowest BCUT2D eigenvalue weighted by atomic mass is 10.2. The van der Waals surface area contributed by atoms with E-state index in [0.29, 0.717) is 17.5 Å². The summed E-state index contributed by atoms with van der Waals surface area (Å²) in [6.45, 7) is 0.600. The van der Waals surface area contributed by atoms with E-state index in [-0.39, 0.29) is 0 Å². The highest BCUT2D eigenvalue weighted by Gasteiger charge is 2.11. The average Bonchev–Trinajstić information content (AvgIpc) is 2.77. The van der Waals surface area contributed by atoms with Gasteiger partial charge in [0, 0.05) is 0 Å². The lowest BCUT2D eigenvalue weighted by molar-refractivity contribution is 0.414. The third-order valence-electron chi connectivity index (χ3n) is 3.22. The van der Waals surface area contributed by atoms with E-state index in [1.165, 1.54) is 0 Å². The van der Waals surface area contributed by atoms with Crippen LogP contribution < -0.4 is 10.5 Å². The zero-order chi connectivity index (χ0) is 14.1. The van der Waals surface area contributed by atoms with E-state index in [2.05, 4.69) is 4.98 Å². The van der Waals surface area contributed by atoms with Crippen molar-refractivity contribution >= 4 is 28.6 Å². The maximum atomic E-state index is 6.26. The lowest BCUT2D eigenvalue weighted by Gasteiger charge is -2.09. The number of rotatable bonds is 3. The fourth-order valence-corrected chi connectivity index (χ4v) is 2.54. The van der Waals surface area contributed by atoms with E-state index >= 15 is 0 Å². The van der Waals surface area contributed by atoms with Gasteiger partial charge in [-0.2, -0.15) is 0 Å². The van der Waals surface area contributed by atoms with Crippen molar-refractivity contribution in [2.24, 2.45) is 0 Å². The van der Waals surface area contributed by atoms with Gasteiger partial charge in [0.1, 0.15) is 5.75 Å². The first-order valence-corrected chi connectivity index (χ1v) is 6.60. The molecule has 0 unspecified atom stereocenters. The zero-order valence-electron chi connectivity index (χ0n) is 11.0. The van der Waals surface area contributed by atoms with E-state index in [4.69, 9.17) is 22.1 Å². The predicted octanol–water partition coefficient (Wildman–Crippen LogP) is 3.33. The van der Waals surface area contributed by atoms with Crippen LogP contribution in [0.1, 0.15) is 5.56 Å². The van der Waals surface area contributed by atoms with E-state index in [1.807, 2.05) is 47.0 Å². The summed E-state index contributed by atoms with van der Waals surface area (Å²) in [5.41, 5.74) is 8.74. The molecule has 0 radical (unpaired) electrons. The molecule has 0 fully saturated rings. The second-order valence-corrected chi connectivity index (χ2v) is 4.92. The van der Waals surface area contributed by atoms with E-state index in [1.54, 1.807) is 7.11 Å². The van der Waals surface area contributed by atoms with Gasteiger partial charge in [0.15, 0.2) is 0 Å². The van der Waals surface area contributed by atoms with Crippen LogP contribution in [0.25, 0.3) is 11.0 Å². The Morgan fingerprint density at radius 3 is 2.85 bits per heavy atom. The molecule has 5 heteroatoms. The van der Waals surface area contributed by atoms with E-state index in [9.17, 15) is 0 Å². The number of aromatic nitrogens is 2. The highest BCUT2D eigenvalue weighted by molar-refractivity contribution is 6.35. The Balaban J connectivity index is 2.08. The summed E-state index contributed by atoms with van der Waals surface area (Å²) in [5.74, 6) is 1.27. The van der Waals surface area contributed by atoms with E-state index in [0.717, 1.165) is 22.3 Å². The first-order valence-electron chi connectivity index (χ1n) is 6.22. The van der Waals surface area contributed by atoms with Crippen LogP contribution in [0.4, 0.5) is 5.95 Å². The average molecular weight is 288 g/mol. The zero-order valence-corrected chi connectivity index (χ0v) is 11.8. The third kappa shape index (κ3) is 2.18. The number of fused-ring (bicyclic) bond motifs is 1. The molecule has 102 valence electrons. The summed E-state index contributed by atoms with van der Waals surface area (Å²) in [5, 5.41) is 0.648. The number of methoxy groups -OCH3 is 1. The molecule has 0 saturated heterocycles. The topological polar surface area (TPSA) is 53.1 Å². The standard InChI is InChI=1S/C15H14ClN3O/c1-20-11-5-2-4-10(8-11)9-19-14-12(16)6-3-7-13(14)18-15(19)17/h2-8H,9H2,1H3,(H2,17,18). The summed E-state index contributed by atoms with van der Waals surface area (Å²) in [4.78, 5) is 4.34. The summed E-state index contributed by atoms with van der Waals surface area (Å²) in [6.07, 6.45) is 0. The maximum Gasteiger partial charge on any atom is 0.201 e. The van der Waals surface area contributed by atoms with Gasteiger partial charge in [-0.15, -0.1) is 0 Å². The second kappa shape index (κ2) is 5.06. The van der Waals surface area contributed by atoms with Gasteiger partial charge >= 0.3 is 0 Å². The van der Waals surface area contributed by atoms with Crippen molar-refractivity contribution in [3.8, 4) is 5.75 Å². The van der Waals surface area contributed by atoms with Crippen LogP contribution in [-0.4, -0.2) is 16.7 Å². The highest BCUT2D eigenvalue weighted by Crippen LogP contribution is 2.27. The number of para-hydroxylation sites is 1. The molecular formula is C15H14ClN3O. The van der Waals surface area contributed by atoms with Gasteiger partial charge in [-0.3, -0.25) is 0 Å². The highest BCUT2D eigenvalue weighted by atomic mass is 35.5. The Hall–Kier alpha value is -2.20. The van der Waals surface area contributed by atoms with Crippen molar-refractivity contribution in [2.45, 2.75) is 6.54 Å². The SMILES string of the molecule is COc1cccc(Cn2c(N)nc3cccc(Cl)c32)c1. The van der Waals surface area contributed by atoms with Gasteiger partial charge in [0.05, 0.1) is 29.7 Å². The Kier molecular flexibility index (Phi) is 3.24. The molecule has 0 spiro atoms. The number of hydrogen-bond acceptors (Lipinski definition) is 3. The van der Waals surface area contributed by atoms with Crippen LogP contribution in [0.2, 0.25) is 5.02 Å². The molecule has 0 aliphatic rings. The molecular weight excluding hydrogens is 274 g/mol. The van der Waals surface area contributed by atoms with Crippen molar-refractivity contribution in [2.75, 3.05) is 12.8 Å². The number of anilines is 1. The second-order valence-electron chi connectivity index (χ2n) is 4.52. The lowest BCUT2D eigenvalue weighted by Crippen LogP contribution is -2.05. The van der Waals surface area contributed by atoms with Crippen LogP contribution >= 0.6 is 11.6 Å². The minimum Gasteiger partial charge on any atom is -0.497 e. The number of benzene rings is 2. The first kappa shape index (κ1) is 12.8. The molecule has 0 saturated carbocycles. The maximum absolute atomic E-state index is 6.26. The van der Waals surface area contributed by atoms with Crippen molar-refractivity contribution in [3.63, 3.8) is 0 Å². The quantitative estimate of drug-likeness (QED) is 0.804. The molecule has 0 bridgehead atoms. The molecule has 1 heterocycles. The van der Waals surface area contributed by atoms with Crippen LogP contribution in [0.5, 0.6) is 5.75 Å². The molecule has 0 aliphatic carbocycles. The van der Waals surface area contributed by atoms with Crippen molar-refractivity contribution in [1.29, 1.82) is 0 Å². The number of halogens is 1. The molecule has 0 aliphatic heterocycles. The molecule has 3 rings (SSSR count). The van der Waals surface area contributed by atoms with Crippen LogP contribution in [0.15, 0.2) is 42.5 Å². The molecule has 2 N–H and O–H groups in total. The number of nitrogen functional groups attached to an aromatic ring is 1. The van der Waals surface area contributed by atoms with Gasteiger partial charge in [0.2, 0.25) is 5.95 Å². The molecule has 1 aromatic heterocycles. The van der Waals surface area contributed by atoms with Crippen molar-refractivity contribution in [1.82, 2.24) is 9.55 Å². The Labute approximate surface area is 121 Å². The van der Waals surface area contributed by atoms with Gasteiger partial charge in [-0.05, 0) is 29.8 Å².